The molecule has 3 aromatic rings. The zero-order valence-corrected chi connectivity index (χ0v) is 19.6. The van der Waals surface area contributed by atoms with E-state index in [1.54, 1.807) is 49.6 Å². The van der Waals surface area contributed by atoms with Crippen molar-refractivity contribution in [1.29, 1.82) is 0 Å². The monoisotopic (exact) mass is 482 g/mol. The van der Waals surface area contributed by atoms with Gasteiger partial charge in [-0.15, -0.1) is 0 Å². The molecule has 178 valence electrons. The van der Waals surface area contributed by atoms with Crippen molar-refractivity contribution < 1.29 is 27.4 Å². The van der Waals surface area contributed by atoms with Gasteiger partial charge in [0.1, 0.15) is 11.5 Å². The molecule has 0 radical (unpaired) electrons. The molecule has 1 fully saturated rings. The summed E-state index contributed by atoms with van der Waals surface area (Å²) in [5.74, 6) is 1.31. The van der Waals surface area contributed by atoms with Crippen molar-refractivity contribution in [3.8, 4) is 17.2 Å². The predicted molar refractivity (Wildman–Crippen MR) is 128 cm³/mol. The molecular formula is C25H26N2O6S. The maximum atomic E-state index is 13.2. The van der Waals surface area contributed by atoms with E-state index in [-0.39, 0.29) is 36.0 Å². The van der Waals surface area contributed by atoms with E-state index in [1.807, 2.05) is 18.2 Å². The van der Waals surface area contributed by atoms with Crippen LogP contribution in [0.2, 0.25) is 0 Å². The molecule has 4 rings (SSSR count). The Labute approximate surface area is 199 Å². The van der Waals surface area contributed by atoms with Crippen LogP contribution in [-0.2, 0) is 26.0 Å². The fraction of sp³-hybridized carbons (Fsp3) is 0.240. The third-order valence-electron chi connectivity index (χ3n) is 5.33. The van der Waals surface area contributed by atoms with E-state index in [0.717, 1.165) is 5.56 Å². The van der Waals surface area contributed by atoms with Crippen LogP contribution in [0, 0.1) is 0 Å². The molecule has 1 heterocycles. The molecule has 9 heteroatoms. The molecule has 3 aromatic carbocycles. The van der Waals surface area contributed by atoms with Crippen molar-refractivity contribution >= 4 is 21.6 Å². The van der Waals surface area contributed by atoms with E-state index >= 15 is 0 Å². The topological polar surface area (TPSA) is 94.2 Å². The summed E-state index contributed by atoms with van der Waals surface area (Å²) >= 11 is 0. The van der Waals surface area contributed by atoms with Gasteiger partial charge in [0.2, 0.25) is 15.9 Å². The highest BCUT2D eigenvalue weighted by Crippen LogP contribution is 2.33. The molecule has 0 aliphatic carbocycles. The van der Waals surface area contributed by atoms with Gasteiger partial charge in [0.05, 0.1) is 37.3 Å². The molecule has 1 aliphatic heterocycles. The largest absolute Gasteiger partial charge is 0.497 e. The zero-order chi connectivity index (χ0) is 24.0. The molecule has 1 amide bonds. The summed E-state index contributed by atoms with van der Waals surface area (Å²) in [7, 11) is -2.17. The summed E-state index contributed by atoms with van der Waals surface area (Å²) in [4.78, 5) is 12.9. The number of nitrogens with one attached hydrogen (secondary N) is 1. The van der Waals surface area contributed by atoms with Crippen molar-refractivity contribution in [2.24, 2.45) is 0 Å². The van der Waals surface area contributed by atoms with Crippen LogP contribution in [0.25, 0.3) is 0 Å². The number of morpholine rings is 1. The average Bonchev–Trinajstić information content (AvgIpc) is 2.86. The summed E-state index contributed by atoms with van der Waals surface area (Å²) < 4.78 is 44.1. The number of nitrogens with zero attached hydrogens (tertiary/aromatic N) is 1. The number of rotatable bonds is 8. The number of carbonyl (C=O) groups is 1. The normalized spacial score (nSPS) is 14.4. The number of ether oxygens (including phenoxy) is 3. The lowest BCUT2D eigenvalue weighted by Gasteiger charge is -2.26. The van der Waals surface area contributed by atoms with Crippen LogP contribution < -0.4 is 14.8 Å². The number of hydrogen-bond donors (Lipinski definition) is 1. The minimum Gasteiger partial charge on any atom is -0.497 e. The van der Waals surface area contributed by atoms with E-state index in [1.165, 1.54) is 16.4 Å². The number of anilines is 1. The van der Waals surface area contributed by atoms with Gasteiger partial charge in [0, 0.05) is 13.1 Å². The van der Waals surface area contributed by atoms with Crippen molar-refractivity contribution in [1.82, 2.24) is 4.31 Å². The molecule has 8 nitrogen and oxygen atoms in total. The van der Waals surface area contributed by atoms with Gasteiger partial charge in [-0.1, -0.05) is 30.3 Å². The molecule has 1 saturated heterocycles. The summed E-state index contributed by atoms with van der Waals surface area (Å²) in [6.45, 7) is 1.26. The second-order valence-corrected chi connectivity index (χ2v) is 9.60. The van der Waals surface area contributed by atoms with Gasteiger partial charge in [-0.05, 0) is 48.0 Å². The highest BCUT2D eigenvalue weighted by Gasteiger charge is 2.27. The van der Waals surface area contributed by atoms with Crippen LogP contribution in [0.15, 0.2) is 77.7 Å². The molecule has 0 saturated carbocycles. The number of hydrogen-bond acceptors (Lipinski definition) is 6. The maximum Gasteiger partial charge on any atom is 0.243 e. The quantitative estimate of drug-likeness (QED) is 0.526. The number of methoxy groups -OCH3 is 1. The Balaban J connectivity index is 1.60. The fourth-order valence-electron chi connectivity index (χ4n) is 3.53. The van der Waals surface area contributed by atoms with E-state index in [2.05, 4.69) is 5.32 Å². The lowest BCUT2D eigenvalue weighted by atomic mass is 10.1. The summed E-state index contributed by atoms with van der Waals surface area (Å²) in [6.07, 6.45) is 0.106. The standard InChI is InChI=1S/C25H26N2O6S/c1-31-20-9-7-19(8-10-20)17-25(28)26-23-18-22(34(29,30)27-13-15-32-16-14-27)11-12-24(23)33-21-5-3-2-4-6-21/h2-12,18H,13-17H2,1H3,(H,26,28). The first-order valence-corrected chi connectivity index (χ1v) is 12.3. The smallest absolute Gasteiger partial charge is 0.243 e. The lowest BCUT2D eigenvalue weighted by molar-refractivity contribution is -0.115. The van der Waals surface area contributed by atoms with E-state index in [9.17, 15) is 13.2 Å². The predicted octanol–water partition coefficient (Wildman–Crippen LogP) is 3.69. The van der Waals surface area contributed by atoms with E-state index < -0.39 is 10.0 Å². The van der Waals surface area contributed by atoms with E-state index in [4.69, 9.17) is 14.2 Å². The molecule has 0 bridgehead atoms. The number of para-hydroxylation sites is 1. The molecule has 0 aromatic heterocycles. The van der Waals surface area contributed by atoms with Gasteiger partial charge in [0.25, 0.3) is 0 Å². The zero-order valence-electron chi connectivity index (χ0n) is 18.8. The van der Waals surface area contributed by atoms with Gasteiger partial charge in [-0.3, -0.25) is 4.79 Å². The first kappa shape index (κ1) is 23.7. The van der Waals surface area contributed by atoms with Gasteiger partial charge >= 0.3 is 0 Å². The maximum absolute atomic E-state index is 13.2. The molecule has 0 atom stereocenters. The summed E-state index contributed by atoms with van der Waals surface area (Å²) in [5, 5.41) is 2.82. The van der Waals surface area contributed by atoms with Crippen LogP contribution in [0.5, 0.6) is 17.2 Å². The third kappa shape index (κ3) is 5.74. The molecular weight excluding hydrogens is 456 g/mol. The van der Waals surface area contributed by atoms with Crippen LogP contribution in [-0.4, -0.2) is 52.0 Å². The van der Waals surface area contributed by atoms with Crippen LogP contribution in [0.1, 0.15) is 5.56 Å². The first-order chi connectivity index (χ1) is 16.5. The van der Waals surface area contributed by atoms with Crippen molar-refractivity contribution in [3.05, 3.63) is 78.4 Å². The highest BCUT2D eigenvalue weighted by molar-refractivity contribution is 7.89. The lowest BCUT2D eigenvalue weighted by Crippen LogP contribution is -2.40. The van der Waals surface area contributed by atoms with Crippen molar-refractivity contribution in [2.45, 2.75) is 11.3 Å². The Hall–Kier alpha value is -3.40. The second-order valence-electron chi connectivity index (χ2n) is 7.66. The number of benzene rings is 3. The molecule has 0 spiro atoms. The van der Waals surface area contributed by atoms with Gasteiger partial charge in [-0.2, -0.15) is 4.31 Å². The number of amides is 1. The Morgan fingerprint density at radius 1 is 0.971 bits per heavy atom. The Bertz CT molecular complexity index is 1220. The van der Waals surface area contributed by atoms with E-state index in [0.29, 0.717) is 30.5 Å². The van der Waals surface area contributed by atoms with Crippen LogP contribution in [0.3, 0.4) is 0 Å². The van der Waals surface area contributed by atoms with Gasteiger partial charge < -0.3 is 19.5 Å². The molecule has 1 N–H and O–H groups in total. The molecule has 1 aliphatic rings. The highest BCUT2D eigenvalue weighted by atomic mass is 32.2. The Kier molecular flexibility index (Phi) is 7.46. The molecule has 34 heavy (non-hydrogen) atoms. The number of sulfonamides is 1. The SMILES string of the molecule is COc1ccc(CC(=O)Nc2cc(S(=O)(=O)N3CCOCC3)ccc2Oc2ccccc2)cc1. The summed E-state index contributed by atoms with van der Waals surface area (Å²) in [6, 6.07) is 20.7. The average molecular weight is 483 g/mol. The third-order valence-corrected chi connectivity index (χ3v) is 7.22. The Morgan fingerprint density at radius 2 is 1.68 bits per heavy atom. The Morgan fingerprint density at radius 3 is 2.35 bits per heavy atom. The van der Waals surface area contributed by atoms with Crippen LogP contribution >= 0.6 is 0 Å². The number of carbonyl (C=O) groups excluding carboxylic acids is 1. The van der Waals surface area contributed by atoms with Crippen molar-refractivity contribution in [2.75, 3.05) is 38.7 Å². The van der Waals surface area contributed by atoms with Gasteiger partial charge in [-0.25, -0.2) is 8.42 Å². The molecule has 0 unspecified atom stereocenters. The minimum atomic E-state index is -3.74. The fourth-order valence-corrected chi connectivity index (χ4v) is 4.97. The van der Waals surface area contributed by atoms with Crippen LogP contribution in [0.4, 0.5) is 5.69 Å². The summed E-state index contributed by atoms with van der Waals surface area (Å²) in [5.41, 5.74) is 1.07. The first-order valence-electron chi connectivity index (χ1n) is 10.8. The van der Waals surface area contributed by atoms with Gasteiger partial charge in [0.15, 0.2) is 5.75 Å². The van der Waals surface area contributed by atoms with Crippen molar-refractivity contribution in [3.63, 3.8) is 0 Å². The minimum absolute atomic E-state index is 0.0783. The second kappa shape index (κ2) is 10.7.